The second-order valence-electron chi connectivity index (χ2n) is 3.66. The molecule has 0 amide bonds. The van der Waals surface area contributed by atoms with Crippen molar-refractivity contribution in [1.29, 1.82) is 0 Å². The van der Waals surface area contributed by atoms with Crippen molar-refractivity contribution in [2.45, 2.75) is 39.2 Å². The summed E-state index contributed by atoms with van der Waals surface area (Å²) in [5, 5.41) is 0. The maximum absolute atomic E-state index is 11.1. The van der Waals surface area contributed by atoms with Crippen molar-refractivity contribution >= 4 is 12.4 Å². The summed E-state index contributed by atoms with van der Waals surface area (Å²) in [6.07, 6.45) is 0.790. The summed E-state index contributed by atoms with van der Waals surface area (Å²) in [5.74, 6) is -0.262. The maximum Gasteiger partial charge on any atom is 0.306 e. The lowest BCUT2D eigenvalue weighted by atomic mass is 10.2. The Hall–Kier alpha value is -1.06. The van der Waals surface area contributed by atoms with E-state index in [9.17, 15) is 9.59 Å². The van der Waals surface area contributed by atoms with Crippen molar-refractivity contribution in [3.8, 4) is 0 Å². The average Bonchev–Trinajstić information content (AvgIpc) is 1.94. The summed E-state index contributed by atoms with van der Waals surface area (Å²) < 4.78 is 9.46. The van der Waals surface area contributed by atoms with Gasteiger partial charge in [-0.15, -0.1) is 0 Å². The van der Waals surface area contributed by atoms with Crippen LogP contribution in [0.3, 0.4) is 0 Å². The van der Waals surface area contributed by atoms with Gasteiger partial charge in [-0.3, -0.25) is 9.59 Å². The number of hydrogen-bond acceptors (Lipinski definition) is 4. The van der Waals surface area contributed by atoms with E-state index in [-0.39, 0.29) is 19.0 Å². The zero-order valence-electron chi connectivity index (χ0n) is 8.33. The zero-order chi connectivity index (χ0) is 10.3. The van der Waals surface area contributed by atoms with E-state index in [4.69, 9.17) is 4.74 Å². The molecular formula is C9H16O4. The Morgan fingerprint density at radius 3 is 2.46 bits per heavy atom. The molecular weight excluding hydrogens is 172 g/mol. The first kappa shape index (κ1) is 11.9. The summed E-state index contributed by atoms with van der Waals surface area (Å²) in [6.45, 7) is 6.07. The molecule has 0 saturated carbocycles. The number of carbonyl (C=O) groups is 2. The van der Waals surface area contributed by atoms with Gasteiger partial charge in [0.25, 0.3) is 6.47 Å². The van der Waals surface area contributed by atoms with Gasteiger partial charge in [-0.05, 0) is 27.2 Å². The second-order valence-corrected chi connectivity index (χ2v) is 3.66. The summed E-state index contributed by atoms with van der Waals surface area (Å²) in [7, 11) is 0. The number of rotatable bonds is 5. The fourth-order valence-electron chi connectivity index (χ4n) is 0.740. The largest absolute Gasteiger partial charge is 0.468 e. The standard InChI is InChI=1S/C9H16O4/c1-9(2,3)13-8(11)5-4-6-12-7-10/h7H,4-6H2,1-3H3. The second kappa shape index (κ2) is 5.56. The first-order valence-corrected chi connectivity index (χ1v) is 4.23. The topological polar surface area (TPSA) is 52.6 Å². The minimum atomic E-state index is -0.442. The fourth-order valence-corrected chi connectivity index (χ4v) is 0.740. The molecule has 4 nitrogen and oxygen atoms in total. The molecule has 0 spiro atoms. The highest BCUT2D eigenvalue weighted by molar-refractivity contribution is 5.69. The molecule has 0 radical (unpaired) electrons. The van der Waals surface area contributed by atoms with E-state index in [0.717, 1.165) is 0 Å². The van der Waals surface area contributed by atoms with Gasteiger partial charge in [0.1, 0.15) is 5.60 Å². The number of ether oxygens (including phenoxy) is 2. The van der Waals surface area contributed by atoms with Gasteiger partial charge in [-0.2, -0.15) is 0 Å². The molecule has 0 rings (SSSR count). The van der Waals surface area contributed by atoms with Gasteiger partial charge in [0.2, 0.25) is 0 Å². The van der Waals surface area contributed by atoms with Crippen LogP contribution in [0.5, 0.6) is 0 Å². The van der Waals surface area contributed by atoms with Crippen LogP contribution in [0, 0.1) is 0 Å². The van der Waals surface area contributed by atoms with Gasteiger partial charge in [-0.25, -0.2) is 0 Å². The maximum atomic E-state index is 11.1. The van der Waals surface area contributed by atoms with Crippen LogP contribution < -0.4 is 0 Å². The van der Waals surface area contributed by atoms with Crippen LogP contribution in [0.1, 0.15) is 33.6 Å². The Balaban J connectivity index is 3.47. The van der Waals surface area contributed by atoms with Crippen LogP contribution in [0.25, 0.3) is 0 Å². The van der Waals surface area contributed by atoms with E-state index in [1.165, 1.54) is 0 Å². The lowest BCUT2D eigenvalue weighted by Gasteiger charge is -2.19. The van der Waals surface area contributed by atoms with Crippen molar-refractivity contribution in [3.05, 3.63) is 0 Å². The summed E-state index contributed by atoms with van der Waals surface area (Å²) >= 11 is 0. The third-order valence-corrected chi connectivity index (χ3v) is 1.13. The van der Waals surface area contributed by atoms with Crippen molar-refractivity contribution in [2.75, 3.05) is 6.61 Å². The molecule has 0 bridgehead atoms. The third-order valence-electron chi connectivity index (χ3n) is 1.13. The first-order chi connectivity index (χ1) is 5.95. The predicted octanol–water partition coefficient (Wildman–Crippen LogP) is 1.28. The summed E-state index contributed by atoms with van der Waals surface area (Å²) in [6, 6.07) is 0. The van der Waals surface area contributed by atoms with Crippen LogP contribution >= 0.6 is 0 Å². The van der Waals surface area contributed by atoms with Crippen molar-refractivity contribution in [1.82, 2.24) is 0 Å². The molecule has 0 unspecified atom stereocenters. The SMILES string of the molecule is CC(C)(C)OC(=O)CCCOC=O. The van der Waals surface area contributed by atoms with Crippen LogP contribution in [-0.2, 0) is 19.1 Å². The van der Waals surface area contributed by atoms with Gasteiger partial charge in [0.15, 0.2) is 0 Å². The number of esters is 1. The van der Waals surface area contributed by atoms with Crippen LogP contribution in [0.2, 0.25) is 0 Å². The monoisotopic (exact) mass is 188 g/mol. The molecule has 0 aromatic rings. The molecule has 0 aromatic heterocycles. The smallest absolute Gasteiger partial charge is 0.306 e. The molecule has 0 saturated heterocycles. The van der Waals surface area contributed by atoms with E-state index in [1.807, 2.05) is 20.8 Å². The first-order valence-electron chi connectivity index (χ1n) is 4.23. The highest BCUT2D eigenvalue weighted by Crippen LogP contribution is 2.08. The van der Waals surface area contributed by atoms with E-state index in [0.29, 0.717) is 12.9 Å². The molecule has 76 valence electrons. The van der Waals surface area contributed by atoms with Crippen molar-refractivity contribution in [3.63, 3.8) is 0 Å². The third kappa shape index (κ3) is 8.85. The Morgan fingerprint density at radius 1 is 1.38 bits per heavy atom. The minimum Gasteiger partial charge on any atom is -0.468 e. The highest BCUT2D eigenvalue weighted by atomic mass is 16.6. The molecule has 0 aromatic carbocycles. The molecule has 0 aliphatic carbocycles. The zero-order valence-corrected chi connectivity index (χ0v) is 8.33. The van der Waals surface area contributed by atoms with Crippen LogP contribution in [0.4, 0.5) is 0 Å². The average molecular weight is 188 g/mol. The predicted molar refractivity (Wildman–Crippen MR) is 47.1 cm³/mol. The van der Waals surface area contributed by atoms with Gasteiger partial charge in [0, 0.05) is 6.42 Å². The number of hydrogen-bond donors (Lipinski definition) is 0. The van der Waals surface area contributed by atoms with E-state index in [2.05, 4.69) is 4.74 Å². The van der Waals surface area contributed by atoms with Gasteiger partial charge in [0.05, 0.1) is 6.61 Å². The van der Waals surface area contributed by atoms with Gasteiger partial charge < -0.3 is 9.47 Å². The molecule has 4 heteroatoms. The van der Waals surface area contributed by atoms with Crippen LogP contribution in [0.15, 0.2) is 0 Å². The lowest BCUT2D eigenvalue weighted by Crippen LogP contribution is -2.23. The Labute approximate surface area is 78.2 Å². The Kier molecular flexibility index (Phi) is 5.11. The van der Waals surface area contributed by atoms with E-state index < -0.39 is 5.60 Å². The van der Waals surface area contributed by atoms with Gasteiger partial charge in [-0.1, -0.05) is 0 Å². The summed E-state index contributed by atoms with van der Waals surface area (Å²) in [5.41, 5.74) is -0.442. The molecule has 0 N–H and O–H groups in total. The van der Waals surface area contributed by atoms with Crippen molar-refractivity contribution in [2.24, 2.45) is 0 Å². The molecule has 0 aliphatic heterocycles. The van der Waals surface area contributed by atoms with E-state index >= 15 is 0 Å². The quantitative estimate of drug-likeness (QED) is 0.370. The molecule has 13 heavy (non-hydrogen) atoms. The number of carbonyl (C=O) groups excluding carboxylic acids is 2. The van der Waals surface area contributed by atoms with E-state index in [1.54, 1.807) is 0 Å². The Bertz CT molecular complexity index is 169. The normalized spacial score (nSPS) is 10.7. The lowest BCUT2D eigenvalue weighted by molar-refractivity contribution is -0.155. The minimum absolute atomic E-state index is 0.262. The molecule has 0 aliphatic rings. The molecule has 0 atom stereocenters. The fraction of sp³-hybridized carbons (Fsp3) is 0.778. The molecule has 0 heterocycles. The Morgan fingerprint density at radius 2 is 2.00 bits per heavy atom. The van der Waals surface area contributed by atoms with Crippen LogP contribution in [-0.4, -0.2) is 24.6 Å². The van der Waals surface area contributed by atoms with Gasteiger partial charge >= 0.3 is 5.97 Å². The molecule has 0 fully saturated rings. The van der Waals surface area contributed by atoms with Crippen molar-refractivity contribution < 1.29 is 19.1 Å². The summed E-state index contributed by atoms with van der Waals surface area (Å²) in [4.78, 5) is 20.8. The highest BCUT2D eigenvalue weighted by Gasteiger charge is 2.15.